The maximum atomic E-state index is 3.79. The Morgan fingerprint density at radius 3 is 2.71 bits per heavy atom. The summed E-state index contributed by atoms with van der Waals surface area (Å²) < 4.78 is 0. The highest BCUT2D eigenvalue weighted by molar-refractivity contribution is 7.99. The molecule has 1 aliphatic heterocycles. The summed E-state index contributed by atoms with van der Waals surface area (Å²) in [5.74, 6) is 2.72. The average molecular weight is 213 g/mol. The normalized spacial score (nSPS) is 31.1. The van der Waals surface area contributed by atoms with Crippen molar-refractivity contribution in [3.05, 3.63) is 0 Å². The lowest BCUT2D eigenvalue weighted by molar-refractivity contribution is 0.259. The van der Waals surface area contributed by atoms with Gasteiger partial charge in [0.1, 0.15) is 0 Å². The van der Waals surface area contributed by atoms with Crippen LogP contribution in [0.25, 0.3) is 0 Å². The molecule has 2 heteroatoms. The Kier molecular flexibility index (Phi) is 3.78. The molecular weight excluding hydrogens is 190 g/mol. The van der Waals surface area contributed by atoms with E-state index in [0.29, 0.717) is 5.41 Å². The molecule has 0 aromatic carbocycles. The number of thioether (sulfide) groups is 1. The van der Waals surface area contributed by atoms with Crippen LogP contribution in [-0.2, 0) is 0 Å². The smallest absolute Gasteiger partial charge is 0.0166 e. The lowest BCUT2D eigenvalue weighted by atomic mass is 9.83. The summed E-state index contributed by atoms with van der Waals surface area (Å²) in [6, 6.07) is 0.823. The minimum atomic E-state index is 0.674. The second kappa shape index (κ2) is 4.89. The zero-order valence-electron chi connectivity index (χ0n) is 9.35. The SMILES string of the molecule is CCC1(CNC2CCSC2)CCCC1. The predicted molar refractivity (Wildman–Crippen MR) is 64.9 cm³/mol. The van der Waals surface area contributed by atoms with Crippen LogP contribution in [0.5, 0.6) is 0 Å². The highest BCUT2D eigenvalue weighted by Crippen LogP contribution is 2.40. The predicted octanol–water partition coefficient (Wildman–Crippen LogP) is 3.05. The monoisotopic (exact) mass is 213 g/mol. The van der Waals surface area contributed by atoms with Crippen molar-refractivity contribution in [1.82, 2.24) is 5.32 Å². The van der Waals surface area contributed by atoms with Crippen LogP contribution in [0.3, 0.4) is 0 Å². The fourth-order valence-corrected chi connectivity index (χ4v) is 4.02. The second-order valence-corrected chi connectivity index (χ2v) is 6.15. The van der Waals surface area contributed by atoms with Gasteiger partial charge in [0.2, 0.25) is 0 Å². The third kappa shape index (κ3) is 2.46. The number of hydrogen-bond acceptors (Lipinski definition) is 2. The molecule has 82 valence electrons. The lowest BCUT2D eigenvalue weighted by Gasteiger charge is -2.29. The molecule has 0 aromatic rings. The van der Waals surface area contributed by atoms with Gasteiger partial charge in [0.05, 0.1) is 0 Å². The Morgan fingerprint density at radius 2 is 2.14 bits per heavy atom. The topological polar surface area (TPSA) is 12.0 Å². The van der Waals surface area contributed by atoms with Crippen LogP contribution < -0.4 is 5.32 Å². The summed E-state index contributed by atoms with van der Waals surface area (Å²) in [5.41, 5.74) is 0.674. The number of rotatable bonds is 4. The fourth-order valence-electron chi connectivity index (χ4n) is 2.84. The maximum Gasteiger partial charge on any atom is 0.0166 e. The van der Waals surface area contributed by atoms with E-state index in [1.54, 1.807) is 0 Å². The Hall–Kier alpha value is 0.310. The maximum absolute atomic E-state index is 3.79. The number of hydrogen-bond donors (Lipinski definition) is 1. The van der Waals surface area contributed by atoms with Crippen molar-refractivity contribution in [2.75, 3.05) is 18.1 Å². The molecule has 1 N–H and O–H groups in total. The van der Waals surface area contributed by atoms with Crippen molar-refractivity contribution in [3.63, 3.8) is 0 Å². The van der Waals surface area contributed by atoms with Gasteiger partial charge in [-0.05, 0) is 36.9 Å². The van der Waals surface area contributed by atoms with E-state index < -0.39 is 0 Å². The third-order valence-electron chi connectivity index (χ3n) is 4.11. The molecule has 1 saturated heterocycles. The average Bonchev–Trinajstić information content (AvgIpc) is 2.87. The first-order valence-electron chi connectivity index (χ1n) is 6.16. The second-order valence-electron chi connectivity index (χ2n) is 5.00. The Balaban J connectivity index is 1.76. The standard InChI is InChI=1S/C12H23NS/c1-2-12(6-3-4-7-12)10-13-11-5-8-14-9-11/h11,13H,2-10H2,1H3. The summed E-state index contributed by atoms with van der Waals surface area (Å²) in [6.45, 7) is 3.66. The van der Waals surface area contributed by atoms with E-state index in [1.165, 1.54) is 56.6 Å². The van der Waals surface area contributed by atoms with Crippen LogP contribution in [0.4, 0.5) is 0 Å². The molecule has 1 saturated carbocycles. The van der Waals surface area contributed by atoms with Crippen LogP contribution in [0.15, 0.2) is 0 Å². The molecule has 2 fully saturated rings. The Bertz CT molecular complexity index is 169. The molecule has 0 spiro atoms. The van der Waals surface area contributed by atoms with Gasteiger partial charge in [0.25, 0.3) is 0 Å². The van der Waals surface area contributed by atoms with Crippen LogP contribution in [0, 0.1) is 5.41 Å². The molecule has 1 nitrogen and oxygen atoms in total. The zero-order chi connectivity index (χ0) is 9.86. The molecule has 0 bridgehead atoms. The Labute approximate surface area is 92.4 Å². The van der Waals surface area contributed by atoms with Crippen LogP contribution in [-0.4, -0.2) is 24.1 Å². The molecule has 1 atom stereocenters. The van der Waals surface area contributed by atoms with E-state index in [-0.39, 0.29) is 0 Å². The Morgan fingerprint density at radius 1 is 1.36 bits per heavy atom. The van der Waals surface area contributed by atoms with Gasteiger partial charge >= 0.3 is 0 Å². The zero-order valence-corrected chi connectivity index (χ0v) is 10.2. The first-order valence-corrected chi connectivity index (χ1v) is 7.31. The summed E-state index contributed by atoms with van der Waals surface area (Å²) in [6.07, 6.45) is 8.64. The first-order chi connectivity index (χ1) is 6.85. The molecule has 2 rings (SSSR count). The van der Waals surface area contributed by atoms with E-state index in [4.69, 9.17) is 0 Å². The van der Waals surface area contributed by atoms with E-state index in [0.717, 1.165) is 6.04 Å². The van der Waals surface area contributed by atoms with Gasteiger partial charge in [-0.15, -0.1) is 0 Å². The van der Waals surface area contributed by atoms with Crippen molar-refractivity contribution in [3.8, 4) is 0 Å². The van der Waals surface area contributed by atoms with Gasteiger partial charge in [-0.1, -0.05) is 19.8 Å². The van der Waals surface area contributed by atoms with Crippen molar-refractivity contribution in [2.24, 2.45) is 5.41 Å². The largest absolute Gasteiger partial charge is 0.313 e. The molecule has 1 unspecified atom stereocenters. The molecule has 0 aromatic heterocycles. The van der Waals surface area contributed by atoms with Crippen molar-refractivity contribution in [2.45, 2.75) is 51.5 Å². The molecular formula is C12H23NS. The quantitative estimate of drug-likeness (QED) is 0.770. The van der Waals surface area contributed by atoms with Crippen molar-refractivity contribution >= 4 is 11.8 Å². The summed E-state index contributed by atoms with van der Waals surface area (Å²) >= 11 is 2.11. The molecule has 0 amide bonds. The van der Waals surface area contributed by atoms with Gasteiger partial charge in [-0.3, -0.25) is 0 Å². The lowest BCUT2D eigenvalue weighted by Crippen LogP contribution is -2.38. The minimum absolute atomic E-state index is 0.674. The molecule has 2 aliphatic rings. The van der Waals surface area contributed by atoms with E-state index in [1.807, 2.05) is 0 Å². The van der Waals surface area contributed by atoms with Crippen molar-refractivity contribution in [1.29, 1.82) is 0 Å². The summed E-state index contributed by atoms with van der Waals surface area (Å²) in [7, 11) is 0. The van der Waals surface area contributed by atoms with E-state index in [2.05, 4.69) is 24.0 Å². The summed E-state index contributed by atoms with van der Waals surface area (Å²) in [4.78, 5) is 0. The van der Waals surface area contributed by atoms with E-state index >= 15 is 0 Å². The van der Waals surface area contributed by atoms with E-state index in [9.17, 15) is 0 Å². The molecule has 1 heterocycles. The van der Waals surface area contributed by atoms with Crippen LogP contribution in [0.2, 0.25) is 0 Å². The molecule has 14 heavy (non-hydrogen) atoms. The van der Waals surface area contributed by atoms with Gasteiger partial charge in [0, 0.05) is 18.3 Å². The summed E-state index contributed by atoms with van der Waals surface area (Å²) in [5, 5.41) is 3.79. The highest BCUT2D eigenvalue weighted by atomic mass is 32.2. The van der Waals surface area contributed by atoms with Gasteiger partial charge < -0.3 is 5.32 Å². The van der Waals surface area contributed by atoms with Crippen LogP contribution in [0.1, 0.15) is 45.4 Å². The van der Waals surface area contributed by atoms with Crippen molar-refractivity contribution < 1.29 is 0 Å². The molecule has 0 radical (unpaired) electrons. The first kappa shape index (κ1) is 10.8. The van der Waals surface area contributed by atoms with Gasteiger partial charge in [0.15, 0.2) is 0 Å². The highest BCUT2D eigenvalue weighted by Gasteiger charge is 2.32. The molecule has 1 aliphatic carbocycles. The minimum Gasteiger partial charge on any atom is -0.313 e. The fraction of sp³-hybridized carbons (Fsp3) is 1.00. The van der Waals surface area contributed by atoms with Gasteiger partial charge in [-0.25, -0.2) is 0 Å². The number of nitrogens with one attached hydrogen (secondary N) is 1. The van der Waals surface area contributed by atoms with Gasteiger partial charge in [-0.2, -0.15) is 11.8 Å². The van der Waals surface area contributed by atoms with Crippen LogP contribution >= 0.6 is 11.8 Å². The third-order valence-corrected chi connectivity index (χ3v) is 5.27.